The van der Waals surface area contributed by atoms with Gasteiger partial charge in [0.25, 0.3) is 0 Å². The molecule has 0 heterocycles. The van der Waals surface area contributed by atoms with Gasteiger partial charge < -0.3 is 14.2 Å². The normalized spacial score (nSPS) is 10.4. The molecule has 0 amide bonds. The Morgan fingerprint density at radius 3 is 2.48 bits per heavy atom. The van der Waals surface area contributed by atoms with Gasteiger partial charge in [-0.1, -0.05) is 18.2 Å². The van der Waals surface area contributed by atoms with Gasteiger partial charge in [-0.05, 0) is 41.8 Å². The van der Waals surface area contributed by atoms with Crippen LogP contribution < -0.4 is 9.47 Å². The lowest BCUT2D eigenvalue weighted by atomic mass is 10.0. The highest BCUT2D eigenvalue weighted by atomic mass is 16.5. The maximum Gasteiger partial charge on any atom is 0.306 e. The first-order valence-electron chi connectivity index (χ1n) is 6.98. The zero-order chi connectivity index (χ0) is 15.2. The molecule has 0 atom stereocenters. The second-order valence-electron chi connectivity index (χ2n) is 4.65. The van der Waals surface area contributed by atoms with Crippen LogP contribution >= 0.6 is 0 Å². The summed E-state index contributed by atoms with van der Waals surface area (Å²) in [5.74, 6) is 1.22. The molecule has 0 N–H and O–H groups in total. The molecule has 0 fully saturated rings. The maximum atomic E-state index is 11.5. The van der Waals surface area contributed by atoms with Crippen LogP contribution in [-0.4, -0.2) is 26.8 Å². The van der Waals surface area contributed by atoms with Gasteiger partial charge in [-0.3, -0.25) is 4.79 Å². The number of methoxy groups -OCH3 is 2. The number of carbonyl (C=O) groups excluding carboxylic acids is 1. The summed E-state index contributed by atoms with van der Waals surface area (Å²) < 4.78 is 15.6. The molecule has 2 aromatic carbocycles. The van der Waals surface area contributed by atoms with Crippen LogP contribution in [0.2, 0.25) is 0 Å². The Morgan fingerprint density at radius 1 is 1.10 bits per heavy atom. The standard InChI is InChI=1S/C17H20O4/c1-4-21-17(18)9-8-12-6-5-7-13-10-15(19-2)16(20-3)11-14(12)13/h5-7,10-11H,4,8-9H2,1-3H3. The van der Waals surface area contributed by atoms with Crippen LogP contribution in [-0.2, 0) is 16.0 Å². The van der Waals surface area contributed by atoms with Gasteiger partial charge in [-0.2, -0.15) is 0 Å². The van der Waals surface area contributed by atoms with Gasteiger partial charge >= 0.3 is 5.97 Å². The quantitative estimate of drug-likeness (QED) is 0.765. The van der Waals surface area contributed by atoms with E-state index in [0.29, 0.717) is 30.9 Å². The number of hydrogen-bond donors (Lipinski definition) is 0. The summed E-state index contributed by atoms with van der Waals surface area (Å²) in [6.07, 6.45) is 1.02. The van der Waals surface area contributed by atoms with Crippen molar-refractivity contribution in [1.82, 2.24) is 0 Å². The van der Waals surface area contributed by atoms with Gasteiger partial charge in [0, 0.05) is 6.42 Å². The van der Waals surface area contributed by atoms with Crippen molar-refractivity contribution in [2.45, 2.75) is 19.8 Å². The fourth-order valence-electron chi connectivity index (χ4n) is 2.36. The predicted octanol–water partition coefficient (Wildman–Crippen LogP) is 3.35. The van der Waals surface area contributed by atoms with Crippen molar-refractivity contribution >= 4 is 16.7 Å². The second-order valence-corrected chi connectivity index (χ2v) is 4.65. The van der Waals surface area contributed by atoms with E-state index in [1.54, 1.807) is 14.2 Å². The van der Waals surface area contributed by atoms with Crippen molar-refractivity contribution in [3.8, 4) is 11.5 Å². The average Bonchev–Trinajstić information content (AvgIpc) is 2.51. The van der Waals surface area contributed by atoms with Crippen molar-refractivity contribution in [2.75, 3.05) is 20.8 Å². The van der Waals surface area contributed by atoms with Gasteiger partial charge in [0.2, 0.25) is 0 Å². The number of rotatable bonds is 6. The number of hydrogen-bond acceptors (Lipinski definition) is 4. The lowest BCUT2D eigenvalue weighted by Gasteiger charge is -2.12. The third-order valence-electron chi connectivity index (χ3n) is 3.38. The van der Waals surface area contributed by atoms with E-state index < -0.39 is 0 Å². The van der Waals surface area contributed by atoms with Crippen molar-refractivity contribution in [3.63, 3.8) is 0 Å². The van der Waals surface area contributed by atoms with Crippen molar-refractivity contribution < 1.29 is 19.0 Å². The maximum absolute atomic E-state index is 11.5. The lowest BCUT2D eigenvalue weighted by Crippen LogP contribution is -2.05. The Labute approximate surface area is 124 Å². The highest BCUT2D eigenvalue weighted by molar-refractivity contribution is 5.89. The molecule has 0 aliphatic carbocycles. The SMILES string of the molecule is CCOC(=O)CCc1cccc2cc(OC)c(OC)cc12. The molecule has 0 saturated heterocycles. The first kappa shape index (κ1) is 15.2. The third kappa shape index (κ3) is 3.45. The molecule has 2 rings (SSSR count). The van der Waals surface area contributed by atoms with Crippen molar-refractivity contribution in [2.24, 2.45) is 0 Å². The molecule has 112 valence electrons. The number of ether oxygens (including phenoxy) is 3. The molecule has 0 saturated carbocycles. The van der Waals surface area contributed by atoms with E-state index in [2.05, 4.69) is 0 Å². The molecule has 0 aliphatic heterocycles. The van der Waals surface area contributed by atoms with Crippen LogP contribution in [0.25, 0.3) is 10.8 Å². The van der Waals surface area contributed by atoms with E-state index in [1.807, 2.05) is 37.3 Å². The molecule has 4 nitrogen and oxygen atoms in total. The molecule has 0 aliphatic rings. The van der Waals surface area contributed by atoms with E-state index in [0.717, 1.165) is 16.3 Å². The van der Waals surface area contributed by atoms with Crippen molar-refractivity contribution in [3.05, 3.63) is 35.9 Å². The molecule has 21 heavy (non-hydrogen) atoms. The highest BCUT2D eigenvalue weighted by Crippen LogP contribution is 2.33. The summed E-state index contributed by atoms with van der Waals surface area (Å²) in [6.45, 7) is 2.23. The van der Waals surface area contributed by atoms with Gasteiger partial charge in [-0.25, -0.2) is 0 Å². The van der Waals surface area contributed by atoms with Crippen LogP contribution in [0, 0.1) is 0 Å². The number of aryl methyl sites for hydroxylation is 1. The zero-order valence-corrected chi connectivity index (χ0v) is 12.6. The van der Waals surface area contributed by atoms with E-state index in [9.17, 15) is 4.79 Å². The van der Waals surface area contributed by atoms with Crippen LogP contribution in [0.1, 0.15) is 18.9 Å². The zero-order valence-electron chi connectivity index (χ0n) is 12.6. The van der Waals surface area contributed by atoms with E-state index in [4.69, 9.17) is 14.2 Å². The topological polar surface area (TPSA) is 44.8 Å². The van der Waals surface area contributed by atoms with E-state index in [-0.39, 0.29) is 5.97 Å². The summed E-state index contributed by atoms with van der Waals surface area (Å²) in [5, 5.41) is 2.13. The molecule has 0 unspecified atom stereocenters. The first-order valence-corrected chi connectivity index (χ1v) is 6.98. The monoisotopic (exact) mass is 288 g/mol. The Bertz CT molecular complexity index is 634. The molecular weight excluding hydrogens is 268 g/mol. The minimum Gasteiger partial charge on any atom is -0.493 e. The Kier molecular flexibility index (Phi) is 5.04. The summed E-state index contributed by atoms with van der Waals surface area (Å²) in [5.41, 5.74) is 1.10. The molecule has 0 bridgehead atoms. The fraction of sp³-hybridized carbons (Fsp3) is 0.353. The van der Waals surface area contributed by atoms with E-state index in [1.165, 1.54) is 0 Å². The van der Waals surface area contributed by atoms with Gasteiger partial charge in [0.1, 0.15) is 0 Å². The van der Waals surface area contributed by atoms with Crippen LogP contribution in [0.5, 0.6) is 11.5 Å². The second kappa shape index (κ2) is 6.97. The first-order chi connectivity index (χ1) is 10.2. The predicted molar refractivity (Wildman–Crippen MR) is 82.0 cm³/mol. The molecular formula is C17H20O4. The minimum atomic E-state index is -0.171. The summed E-state index contributed by atoms with van der Waals surface area (Å²) >= 11 is 0. The highest BCUT2D eigenvalue weighted by Gasteiger charge is 2.10. The number of carbonyl (C=O) groups is 1. The summed E-state index contributed by atoms with van der Waals surface area (Å²) in [7, 11) is 3.24. The molecule has 2 aromatic rings. The smallest absolute Gasteiger partial charge is 0.306 e. The van der Waals surface area contributed by atoms with Gasteiger partial charge in [0.05, 0.1) is 20.8 Å². The molecule has 0 radical (unpaired) electrons. The van der Waals surface area contributed by atoms with Gasteiger partial charge in [-0.15, -0.1) is 0 Å². The molecule has 0 spiro atoms. The Morgan fingerprint density at radius 2 is 1.81 bits per heavy atom. The van der Waals surface area contributed by atoms with Crippen LogP contribution in [0.15, 0.2) is 30.3 Å². The Hall–Kier alpha value is -2.23. The molecule has 4 heteroatoms. The third-order valence-corrected chi connectivity index (χ3v) is 3.38. The average molecular weight is 288 g/mol. The summed E-state index contributed by atoms with van der Waals surface area (Å²) in [6, 6.07) is 9.92. The fourth-order valence-corrected chi connectivity index (χ4v) is 2.36. The van der Waals surface area contributed by atoms with Crippen LogP contribution in [0.4, 0.5) is 0 Å². The van der Waals surface area contributed by atoms with E-state index >= 15 is 0 Å². The number of esters is 1. The lowest BCUT2D eigenvalue weighted by molar-refractivity contribution is -0.143. The van der Waals surface area contributed by atoms with Crippen LogP contribution in [0.3, 0.4) is 0 Å². The Balaban J connectivity index is 2.33. The van der Waals surface area contributed by atoms with Crippen molar-refractivity contribution in [1.29, 1.82) is 0 Å². The minimum absolute atomic E-state index is 0.171. The molecule has 0 aromatic heterocycles. The number of fused-ring (bicyclic) bond motifs is 1. The van der Waals surface area contributed by atoms with Gasteiger partial charge in [0.15, 0.2) is 11.5 Å². The largest absolute Gasteiger partial charge is 0.493 e. The summed E-state index contributed by atoms with van der Waals surface area (Å²) in [4.78, 5) is 11.5. The number of benzene rings is 2.